The number of imidazole rings is 1. The van der Waals surface area contributed by atoms with E-state index in [1.54, 1.807) is 12.3 Å². The van der Waals surface area contributed by atoms with Crippen LogP contribution in [0.1, 0.15) is 24.3 Å². The molecule has 1 unspecified atom stereocenters. The lowest BCUT2D eigenvalue weighted by molar-refractivity contribution is 0.449. The smallest absolute Gasteiger partial charge is 0.178 e. The number of furan rings is 1. The predicted molar refractivity (Wildman–Crippen MR) is 74.4 cm³/mol. The number of hydrogen-bond acceptors (Lipinski definition) is 3. The van der Waals surface area contributed by atoms with Crippen LogP contribution in [0.3, 0.4) is 0 Å². The van der Waals surface area contributed by atoms with E-state index in [1.807, 2.05) is 35.8 Å². The van der Waals surface area contributed by atoms with E-state index in [9.17, 15) is 0 Å². The number of aromatic nitrogens is 2. The molecule has 0 saturated carbocycles. The van der Waals surface area contributed by atoms with Gasteiger partial charge in [-0.15, -0.1) is 0 Å². The second kappa shape index (κ2) is 4.41. The van der Waals surface area contributed by atoms with E-state index in [-0.39, 0.29) is 6.04 Å². The second-order valence-corrected chi connectivity index (χ2v) is 4.69. The molecule has 19 heavy (non-hydrogen) atoms. The summed E-state index contributed by atoms with van der Waals surface area (Å²) in [5, 5.41) is 9.13. The van der Waals surface area contributed by atoms with Crippen molar-refractivity contribution in [3.63, 3.8) is 0 Å². The molecule has 2 aromatic heterocycles. The third kappa shape index (κ3) is 1.77. The van der Waals surface area contributed by atoms with Crippen molar-refractivity contribution in [2.24, 2.45) is 0 Å². The highest BCUT2D eigenvalue weighted by Gasteiger charge is 2.16. The summed E-state index contributed by atoms with van der Waals surface area (Å²) in [5.74, 6) is 0.833. The summed E-state index contributed by atoms with van der Waals surface area (Å²) in [4.78, 5) is 3.10. The molecule has 0 fully saturated rings. The molecular formula is C14H11N3OS. The van der Waals surface area contributed by atoms with Gasteiger partial charge in [0.25, 0.3) is 0 Å². The van der Waals surface area contributed by atoms with Gasteiger partial charge >= 0.3 is 0 Å². The Labute approximate surface area is 114 Å². The minimum Gasteiger partial charge on any atom is -0.467 e. The molecule has 0 aliphatic heterocycles. The highest BCUT2D eigenvalue weighted by Crippen LogP contribution is 2.26. The first-order valence-corrected chi connectivity index (χ1v) is 6.30. The zero-order valence-corrected chi connectivity index (χ0v) is 11.1. The normalized spacial score (nSPS) is 12.4. The summed E-state index contributed by atoms with van der Waals surface area (Å²) in [5.41, 5.74) is 2.27. The topological polar surface area (TPSA) is 57.6 Å². The Bertz CT molecular complexity index is 821. The van der Waals surface area contributed by atoms with Crippen LogP contribution in [0.4, 0.5) is 0 Å². The summed E-state index contributed by atoms with van der Waals surface area (Å²) in [6.07, 6.45) is 1.64. The quantitative estimate of drug-likeness (QED) is 0.720. The number of benzene rings is 1. The minimum atomic E-state index is -0.0230. The van der Waals surface area contributed by atoms with Gasteiger partial charge in [-0.2, -0.15) is 5.26 Å². The van der Waals surface area contributed by atoms with Crippen LogP contribution in [0.15, 0.2) is 41.0 Å². The van der Waals surface area contributed by atoms with Crippen LogP contribution < -0.4 is 0 Å². The third-order valence-corrected chi connectivity index (χ3v) is 3.51. The Kier molecular flexibility index (Phi) is 2.73. The zero-order valence-electron chi connectivity index (χ0n) is 10.3. The van der Waals surface area contributed by atoms with Crippen LogP contribution in [0.5, 0.6) is 0 Å². The van der Waals surface area contributed by atoms with E-state index in [0.717, 1.165) is 16.8 Å². The van der Waals surface area contributed by atoms with Gasteiger partial charge in [0, 0.05) is 0 Å². The van der Waals surface area contributed by atoms with Crippen molar-refractivity contribution in [3.8, 4) is 6.07 Å². The van der Waals surface area contributed by atoms with Gasteiger partial charge in [-0.1, -0.05) is 6.07 Å². The molecule has 1 aromatic carbocycles. The molecule has 94 valence electrons. The SMILES string of the molecule is CC(c1ccco1)n1c(=S)[nH]c2c(C#N)cccc21. The highest BCUT2D eigenvalue weighted by molar-refractivity contribution is 7.71. The van der Waals surface area contributed by atoms with Gasteiger partial charge < -0.3 is 14.0 Å². The van der Waals surface area contributed by atoms with Crippen LogP contribution in [0, 0.1) is 16.1 Å². The molecule has 0 bridgehead atoms. The first-order valence-electron chi connectivity index (χ1n) is 5.89. The Morgan fingerprint density at radius 3 is 2.89 bits per heavy atom. The molecule has 0 radical (unpaired) electrons. The molecule has 0 amide bonds. The van der Waals surface area contributed by atoms with E-state index < -0.39 is 0 Å². The van der Waals surface area contributed by atoms with E-state index >= 15 is 0 Å². The molecule has 0 aliphatic rings. The van der Waals surface area contributed by atoms with E-state index in [4.69, 9.17) is 21.9 Å². The summed E-state index contributed by atoms with van der Waals surface area (Å²) in [7, 11) is 0. The van der Waals surface area contributed by atoms with Crippen molar-refractivity contribution >= 4 is 23.3 Å². The maximum Gasteiger partial charge on any atom is 0.178 e. The molecule has 0 aliphatic carbocycles. The first-order chi connectivity index (χ1) is 9.22. The van der Waals surface area contributed by atoms with Gasteiger partial charge in [0.1, 0.15) is 11.8 Å². The minimum absolute atomic E-state index is 0.0230. The number of fused-ring (bicyclic) bond motifs is 1. The fourth-order valence-electron chi connectivity index (χ4n) is 2.28. The van der Waals surface area contributed by atoms with Crippen LogP contribution in [0.2, 0.25) is 0 Å². The molecule has 4 nitrogen and oxygen atoms in total. The van der Waals surface area contributed by atoms with E-state index in [1.165, 1.54) is 0 Å². The first kappa shape index (κ1) is 11.8. The van der Waals surface area contributed by atoms with E-state index in [2.05, 4.69) is 11.1 Å². The molecule has 1 atom stereocenters. The van der Waals surface area contributed by atoms with Crippen LogP contribution >= 0.6 is 12.2 Å². The third-order valence-electron chi connectivity index (χ3n) is 3.22. The van der Waals surface area contributed by atoms with Crippen molar-refractivity contribution < 1.29 is 4.42 Å². The summed E-state index contributed by atoms with van der Waals surface area (Å²) < 4.78 is 7.98. The number of hydrogen-bond donors (Lipinski definition) is 1. The number of aromatic amines is 1. The van der Waals surface area contributed by atoms with E-state index in [0.29, 0.717) is 10.3 Å². The summed E-state index contributed by atoms with van der Waals surface area (Å²) in [6.45, 7) is 2.01. The fraction of sp³-hybridized carbons (Fsp3) is 0.143. The molecule has 3 rings (SSSR count). The lowest BCUT2D eigenvalue weighted by Crippen LogP contribution is -2.05. The van der Waals surface area contributed by atoms with Gasteiger partial charge in [-0.05, 0) is 43.4 Å². The zero-order chi connectivity index (χ0) is 13.4. The van der Waals surface area contributed by atoms with Gasteiger partial charge in [-0.25, -0.2) is 0 Å². The number of nitriles is 1. The molecule has 0 saturated heterocycles. The summed E-state index contributed by atoms with van der Waals surface area (Å²) >= 11 is 5.37. The number of nitrogens with zero attached hydrogens (tertiary/aromatic N) is 2. The van der Waals surface area contributed by atoms with Gasteiger partial charge in [-0.3, -0.25) is 0 Å². The largest absolute Gasteiger partial charge is 0.467 e. The Morgan fingerprint density at radius 1 is 1.37 bits per heavy atom. The van der Waals surface area contributed by atoms with Gasteiger partial charge in [0.15, 0.2) is 4.77 Å². The lowest BCUT2D eigenvalue weighted by Gasteiger charge is -2.11. The van der Waals surface area contributed by atoms with Crippen LogP contribution in [-0.2, 0) is 0 Å². The number of nitrogens with one attached hydrogen (secondary N) is 1. The average Bonchev–Trinajstić information content (AvgIpc) is 3.04. The van der Waals surface area contributed by atoms with Crippen molar-refractivity contribution in [2.75, 3.05) is 0 Å². The molecule has 2 heterocycles. The average molecular weight is 269 g/mol. The maximum atomic E-state index is 9.13. The predicted octanol–water partition coefficient (Wildman–Crippen LogP) is 3.77. The molecular weight excluding hydrogens is 258 g/mol. The number of para-hydroxylation sites is 1. The molecule has 5 heteroatoms. The lowest BCUT2D eigenvalue weighted by atomic mass is 10.2. The molecule has 3 aromatic rings. The Hall–Kier alpha value is -2.32. The molecule has 1 N–H and O–H groups in total. The number of rotatable bonds is 2. The Balaban J connectivity index is 2.28. The van der Waals surface area contributed by atoms with Crippen molar-refractivity contribution in [2.45, 2.75) is 13.0 Å². The van der Waals surface area contributed by atoms with Gasteiger partial charge in [0.05, 0.1) is 28.9 Å². The maximum absolute atomic E-state index is 9.13. The standard InChI is InChI=1S/C14H11N3OS/c1-9(12-6-3-7-18-12)17-11-5-2-4-10(8-15)13(11)16-14(17)19/h2-7,9H,1H3,(H,16,19). The second-order valence-electron chi connectivity index (χ2n) is 4.30. The van der Waals surface area contributed by atoms with Crippen molar-refractivity contribution in [3.05, 3.63) is 52.7 Å². The van der Waals surface area contributed by atoms with Crippen LogP contribution in [0.25, 0.3) is 11.0 Å². The van der Waals surface area contributed by atoms with Crippen LogP contribution in [-0.4, -0.2) is 9.55 Å². The van der Waals surface area contributed by atoms with Gasteiger partial charge in [0.2, 0.25) is 0 Å². The highest BCUT2D eigenvalue weighted by atomic mass is 32.1. The molecule has 0 spiro atoms. The Morgan fingerprint density at radius 2 is 2.21 bits per heavy atom. The number of H-pyrrole nitrogens is 1. The van der Waals surface area contributed by atoms with Crippen molar-refractivity contribution in [1.82, 2.24) is 9.55 Å². The fourth-order valence-corrected chi connectivity index (χ4v) is 2.64. The summed E-state index contributed by atoms with van der Waals surface area (Å²) in [6, 6.07) is 11.5. The van der Waals surface area contributed by atoms with Crippen molar-refractivity contribution in [1.29, 1.82) is 5.26 Å². The monoisotopic (exact) mass is 269 g/mol.